The van der Waals surface area contributed by atoms with E-state index in [4.69, 9.17) is 9.97 Å². The normalized spacial score (nSPS) is 16.0. The smallest absolute Gasteiger partial charge is 0.0695 e. The predicted molar refractivity (Wildman–Crippen MR) is 181 cm³/mol. The number of benzene rings is 2. The maximum atomic E-state index is 4.87. The number of allylic oxidation sites excluding steroid dienone is 4. The standard InChI is InChI=1S/C37H42N2P2/c1-36(2,3)41(37(4,5)6)27-32-30(26-40(33-21-13-15-23-38-33)34-22-14-16-24-39-34)25-31(28-17-9-7-10-18-28)35(32)29-19-11-8-12-20-29/h7-25,35H,26-27H2,1-6H3. The van der Waals surface area contributed by atoms with E-state index in [1.54, 1.807) is 5.57 Å². The lowest BCUT2D eigenvalue weighted by molar-refractivity contribution is 0.704. The van der Waals surface area contributed by atoms with Crippen LogP contribution in [0.3, 0.4) is 0 Å². The van der Waals surface area contributed by atoms with Crippen LogP contribution in [-0.4, -0.2) is 32.6 Å². The van der Waals surface area contributed by atoms with Crippen molar-refractivity contribution in [1.29, 1.82) is 0 Å². The molecule has 0 fully saturated rings. The van der Waals surface area contributed by atoms with Crippen molar-refractivity contribution in [1.82, 2.24) is 9.97 Å². The molecule has 2 aromatic heterocycles. The van der Waals surface area contributed by atoms with Crippen molar-refractivity contribution in [3.8, 4) is 0 Å². The van der Waals surface area contributed by atoms with E-state index < -0.39 is 7.92 Å². The van der Waals surface area contributed by atoms with E-state index in [0.29, 0.717) is 0 Å². The lowest BCUT2D eigenvalue weighted by Gasteiger charge is -2.43. The van der Waals surface area contributed by atoms with Crippen molar-refractivity contribution in [3.63, 3.8) is 0 Å². The summed E-state index contributed by atoms with van der Waals surface area (Å²) in [4.78, 5) is 9.73. The first kappa shape index (κ1) is 29.6. The highest BCUT2D eigenvalue weighted by molar-refractivity contribution is 7.72. The highest BCUT2D eigenvalue weighted by Crippen LogP contribution is 2.63. The van der Waals surface area contributed by atoms with E-state index in [9.17, 15) is 0 Å². The second-order valence-electron chi connectivity index (χ2n) is 12.7. The summed E-state index contributed by atoms with van der Waals surface area (Å²) in [5.41, 5.74) is 9.44. The topological polar surface area (TPSA) is 25.8 Å². The van der Waals surface area contributed by atoms with Gasteiger partial charge in [0.05, 0.1) is 10.9 Å². The van der Waals surface area contributed by atoms with Gasteiger partial charge in [-0.25, -0.2) is 0 Å². The van der Waals surface area contributed by atoms with Gasteiger partial charge in [-0.1, -0.05) is 134 Å². The Kier molecular flexibility index (Phi) is 9.03. The highest BCUT2D eigenvalue weighted by atomic mass is 31.1. The summed E-state index contributed by atoms with van der Waals surface area (Å²) >= 11 is 0. The van der Waals surface area contributed by atoms with E-state index in [2.05, 4.69) is 133 Å². The van der Waals surface area contributed by atoms with Gasteiger partial charge in [0.25, 0.3) is 0 Å². The third-order valence-corrected chi connectivity index (χ3v) is 14.0. The first-order valence-electron chi connectivity index (χ1n) is 14.5. The van der Waals surface area contributed by atoms with E-state index in [1.807, 2.05) is 24.5 Å². The zero-order valence-corrected chi connectivity index (χ0v) is 27.0. The van der Waals surface area contributed by atoms with Gasteiger partial charge in [-0.3, -0.25) is 9.97 Å². The Morgan fingerprint density at radius 2 is 1.12 bits per heavy atom. The molecule has 0 saturated heterocycles. The molecule has 1 aliphatic carbocycles. The van der Waals surface area contributed by atoms with Gasteiger partial charge in [0.15, 0.2) is 0 Å². The van der Waals surface area contributed by atoms with Crippen molar-refractivity contribution < 1.29 is 0 Å². The fourth-order valence-electron chi connectivity index (χ4n) is 6.11. The van der Waals surface area contributed by atoms with Crippen molar-refractivity contribution in [2.75, 3.05) is 12.3 Å². The third kappa shape index (κ3) is 6.94. The average Bonchev–Trinajstić information content (AvgIpc) is 3.33. The van der Waals surface area contributed by atoms with Crippen LogP contribution in [0.2, 0.25) is 0 Å². The van der Waals surface area contributed by atoms with Crippen molar-refractivity contribution >= 4 is 32.3 Å². The van der Waals surface area contributed by atoms with Crippen LogP contribution in [-0.2, 0) is 0 Å². The van der Waals surface area contributed by atoms with Crippen molar-refractivity contribution in [2.24, 2.45) is 0 Å². The Morgan fingerprint density at radius 3 is 1.61 bits per heavy atom. The molecule has 210 valence electrons. The molecular weight excluding hydrogens is 534 g/mol. The molecule has 0 N–H and O–H groups in total. The molecule has 0 radical (unpaired) electrons. The van der Waals surface area contributed by atoms with Crippen molar-refractivity contribution in [2.45, 2.75) is 57.8 Å². The van der Waals surface area contributed by atoms with Gasteiger partial charge in [0, 0.05) is 32.4 Å². The van der Waals surface area contributed by atoms with E-state index in [-0.39, 0.29) is 24.2 Å². The average molecular weight is 577 g/mol. The molecule has 0 spiro atoms. The number of nitrogens with zero attached hydrogens (tertiary/aromatic N) is 2. The van der Waals surface area contributed by atoms with Crippen LogP contribution in [0.1, 0.15) is 58.6 Å². The fourth-order valence-corrected chi connectivity index (χ4v) is 11.9. The van der Waals surface area contributed by atoms with Gasteiger partial charge < -0.3 is 0 Å². The quantitative estimate of drug-likeness (QED) is 0.196. The number of aromatic nitrogens is 2. The van der Waals surface area contributed by atoms with Crippen LogP contribution in [0, 0.1) is 0 Å². The highest BCUT2D eigenvalue weighted by Gasteiger charge is 2.39. The van der Waals surface area contributed by atoms with Crippen LogP contribution in [0.4, 0.5) is 0 Å². The summed E-state index contributed by atoms with van der Waals surface area (Å²) in [5, 5.41) is 0.463. The van der Waals surface area contributed by atoms with Crippen LogP contribution in [0.25, 0.3) is 5.57 Å². The van der Waals surface area contributed by atoms with Crippen molar-refractivity contribution in [3.05, 3.63) is 138 Å². The molecule has 4 aromatic rings. The van der Waals surface area contributed by atoms with Crippen LogP contribution < -0.4 is 10.9 Å². The summed E-state index contributed by atoms with van der Waals surface area (Å²) < 4.78 is 0. The van der Waals surface area contributed by atoms with Gasteiger partial charge in [0.1, 0.15) is 0 Å². The molecule has 0 amide bonds. The number of pyridine rings is 2. The lowest BCUT2D eigenvalue weighted by Crippen LogP contribution is -2.28. The van der Waals surface area contributed by atoms with Gasteiger partial charge >= 0.3 is 0 Å². The summed E-state index contributed by atoms with van der Waals surface area (Å²) in [6.07, 6.45) is 8.44. The summed E-state index contributed by atoms with van der Waals surface area (Å²) in [7, 11) is -1.10. The molecule has 41 heavy (non-hydrogen) atoms. The molecule has 2 heterocycles. The van der Waals surface area contributed by atoms with Gasteiger partial charge in [-0.05, 0) is 63.0 Å². The summed E-state index contributed by atoms with van der Waals surface area (Å²) in [5.74, 6) is 0.243. The number of hydrogen-bond donors (Lipinski definition) is 0. The third-order valence-electron chi connectivity index (χ3n) is 7.77. The largest absolute Gasteiger partial charge is 0.256 e. The Hall–Kier alpha value is -2.92. The maximum Gasteiger partial charge on any atom is 0.0695 e. The minimum atomic E-state index is -0.763. The Morgan fingerprint density at radius 1 is 0.610 bits per heavy atom. The zero-order chi connectivity index (χ0) is 29.0. The molecule has 1 aliphatic rings. The minimum absolute atomic E-state index is 0.231. The first-order chi connectivity index (χ1) is 19.6. The second-order valence-corrected chi connectivity index (χ2v) is 18.7. The van der Waals surface area contributed by atoms with Crippen LogP contribution >= 0.6 is 15.8 Å². The molecule has 1 atom stereocenters. The SMILES string of the molecule is CC(C)(C)P(CC1=C(CP(c2ccccn2)c2ccccn2)C=C(c2ccccc2)C1c1ccccc1)C(C)(C)C. The maximum absolute atomic E-state index is 4.87. The molecule has 0 saturated carbocycles. The summed E-state index contributed by atoms with van der Waals surface area (Å²) in [6, 6.07) is 34.8. The monoisotopic (exact) mass is 576 g/mol. The molecule has 5 rings (SSSR count). The fraction of sp³-hybridized carbons (Fsp3) is 0.297. The number of hydrogen-bond acceptors (Lipinski definition) is 2. The number of rotatable bonds is 8. The Labute approximate surface area is 249 Å². The van der Waals surface area contributed by atoms with Crippen LogP contribution in [0.5, 0.6) is 0 Å². The molecule has 4 heteroatoms. The molecule has 2 aromatic carbocycles. The Bertz CT molecular complexity index is 1430. The molecular formula is C37H42N2P2. The molecule has 0 bridgehead atoms. The minimum Gasteiger partial charge on any atom is -0.256 e. The molecule has 1 unspecified atom stereocenters. The zero-order valence-electron chi connectivity index (χ0n) is 25.3. The first-order valence-corrected chi connectivity index (χ1v) is 17.6. The molecule has 2 nitrogen and oxygen atoms in total. The van der Waals surface area contributed by atoms with Gasteiger partial charge in [-0.2, -0.15) is 0 Å². The van der Waals surface area contributed by atoms with Gasteiger partial charge in [-0.15, -0.1) is 0 Å². The van der Waals surface area contributed by atoms with E-state index in [0.717, 1.165) is 23.2 Å². The summed E-state index contributed by atoms with van der Waals surface area (Å²) in [6.45, 7) is 14.6. The van der Waals surface area contributed by atoms with Gasteiger partial charge in [0.2, 0.25) is 0 Å². The van der Waals surface area contributed by atoms with Crippen LogP contribution in [0.15, 0.2) is 127 Å². The predicted octanol–water partition coefficient (Wildman–Crippen LogP) is 9.17. The lowest BCUT2D eigenvalue weighted by atomic mass is 9.85. The van der Waals surface area contributed by atoms with E-state index in [1.165, 1.54) is 22.3 Å². The second kappa shape index (κ2) is 12.5. The Balaban J connectivity index is 1.71. The molecule has 0 aliphatic heterocycles. The van der Waals surface area contributed by atoms with E-state index >= 15 is 0 Å².